The van der Waals surface area contributed by atoms with E-state index in [1.165, 1.54) is 0 Å². The molecule has 0 saturated heterocycles. The van der Waals surface area contributed by atoms with Crippen molar-refractivity contribution >= 4 is 11.8 Å². The summed E-state index contributed by atoms with van der Waals surface area (Å²) in [5.74, 6) is 1.64. The molecule has 3 rings (SSSR count). The number of pyridine rings is 1. The second kappa shape index (κ2) is 6.37. The number of fused-ring (bicyclic) bond motifs is 1. The largest absolute Gasteiger partial charge is 0.490 e. The molecule has 1 aromatic carbocycles. The molecule has 0 amide bonds. The van der Waals surface area contributed by atoms with Crippen LogP contribution in [0.25, 0.3) is 0 Å². The molecule has 0 saturated carbocycles. The maximum atomic E-state index is 5.81. The van der Waals surface area contributed by atoms with E-state index < -0.39 is 0 Å². The van der Waals surface area contributed by atoms with E-state index in [1.807, 2.05) is 43.5 Å². The lowest BCUT2D eigenvalue weighted by Crippen LogP contribution is -2.06. The molecule has 2 N–H and O–H groups in total. The molecule has 0 aliphatic carbocycles. The fourth-order valence-electron chi connectivity index (χ4n) is 2.06. The molecule has 5 heteroatoms. The molecule has 0 bridgehead atoms. The van der Waals surface area contributed by atoms with Crippen LogP contribution in [0, 0.1) is 0 Å². The van der Waals surface area contributed by atoms with Gasteiger partial charge in [0.1, 0.15) is 0 Å². The van der Waals surface area contributed by atoms with Crippen LogP contribution in [-0.2, 0) is 0 Å². The minimum atomic E-state index is -0.0397. The fourth-order valence-corrected chi connectivity index (χ4v) is 2.88. The number of hydrogen-bond acceptors (Lipinski definition) is 5. The van der Waals surface area contributed by atoms with Gasteiger partial charge in [0, 0.05) is 28.5 Å². The highest BCUT2D eigenvalue weighted by Gasteiger charge is 2.11. The lowest BCUT2D eigenvalue weighted by Gasteiger charge is -2.09. The molecular formula is C16H18N2O2S. The minimum Gasteiger partial charge on any atom is -0.490 e. The summed E-state index contributed by atoms with van der Waals surface area (Å²) in [6, 6.07) is 9.99. The first kappa shape index (κ1) is 14.2. The summed E-state index contributed by atoms with van der Waals surface area (Å²) >= 11 is 1.65. The molecule has 2 heterocycles. The van der Waals surface area contributed by atoms with E-state index >= 15 is 0 Å². The molecule has 0 spiro atoms. The number of benzene rings is 1. The highest BCUT2D eigenvalue weighted by molar-refractivity contribution is 7.99. The van der Waals surface area contributed by atoms with Gasteiger partial charge in [-0.05, 0) is 37.3 Å². The lowest BCUT2D eigenvalue weighted by atomic mass is 10.2. The van der Waals surface area contributed by atoms with E-state index in [9.17, 15) is 0 Å². The summed E-state index contributed by atoms with van der Waals surface area (Å²) in [4.78, 5) is 6.56. The Kier molecular flexibility index (Phi) is 4.31. The molecular weight excluding hydrogens is 284 g/mol. The Morgan fingerprint density at radius 1 is 1.10 bits per heavy atom. The first-order valence-electron chi connectivity index (χ1n) is 7.01. The van der Waals surface area contributed by atoms with Crippen LogP contribution in [0.4, 0.5) is 0 Å². The highest BCUT2D eigenvalue weighted by Crippen LogP contribution is 2.36. The Morgan fingerprint density at radius 2 is 1.86 bits per heavy atom. The molecule has 21 heavy (non-hydrogen) atoms. The molecule has 0 fully saturated rings. The van der Waals surface area contributed by atoms with E-state index in [0.29, 0.717) is 13.2 Å². The second-order valence-electron chi connectivity index (χ2n) is 4.97. The standard InChI is InChI=1S/C16H18N2O2S/c1-11(17)14-5-3-13(10-18-14)21-12-4-6-15-16(9-12)20-8-2-7-19-15/h3-6,9-11H,2,7-8,17H2,1H3/t11-/m1/s1. The zero-order valence-electron chi connectivity index (χ0n) is 11.9. The monoisotopic (exact) mass is 302 g/mol. The summed E-state index contributed by atoms with van der Waals surface area (Å²) in [7, 11) is 0. The van der Waals surface area contributed by atoms with Crippen LogP contribution < -0.4 is 15.2 Å². The molecule has 1 aromatic heterocycles. The Bertz CT molecular complexity index is 614. The fraction of sp³-hybridized carbons (Fsp3) is 0.312. The predicted molar refractivity (Wildman–Crippen MR) is 83.0 cm³/mol. The number of rotatable bonds is 3. The number of ether oxygens (including phenoxy) is 2. The summed E-state index contributed by atoms with van der Waals surface area (Å²) in [6.07, 6.45) is 2.77. The summed E-state index contributed by atoms with van der Waals surface area (Å²) < 4.78 is 11.3. The van der Waals surface area contributed by atoms with Crippen LogP contribution in [0.15, 0.2) is 46.3 Å². The molecule has 0 radical (unpaired) electrons. The molecule has 1 aliphatic heterocycles. The molecule has 1 aliphatic rings. The van der Waals surface area contributed by atoms with Gasteiger partial charge in [-0.3, -0.25) is 4.98 Å². The van der Waals surface area contributed by atoms with E-state index in [0.717, 1.165) is 33.4 Å². The summed E-state index contributed by atoms with van der Waals surface area (Å²) in [5, 5.41) is 0. The van der Waals surface area contributed by atoms with Crippen LogP contribution in [0.3, 0.4) is 0 Å². The van der Waals surface area contributed by atoms with Crippen molar-refractivity contribution in [2.75, 3.05) is 13.2 Å². The Balaban J connectivity index is 1.77. The van der Waals surface area contributed by atoms with E-state index in [-0.39, 0.29) is 6.04 Å². The normalized spacial score (nSPS) is 15.3. The topological polar surface area (TPSA) is 57.4 Å². The second-order valence-corrected chi connectivity index (χ2v) is 6.12. The van der Waals surface area contributed by atoms with Crippen LogP contribution in [-0.4, -0.2) is 18.2 Å². The van der Waals surface area contributed by atoms with Gasteiger partial charge in [0.15, 0.2) is 11.5 Å². The van der Waals surface area contributed by atoms with E-state index in [2.05, 4.69) is 4.98 Å². The van der Waals surface area contributed by atoms with Crippen LogP contribution in [0.5, 0.6) is 11.5 Å². The van der Waals surface area contributed by atoms with Gasteiger partial charge in [-0.15, -0.1) is 0 Å². The van der Waals surface area contributed by atoms with Crippen molar-refractivity contribution in [2.24, 2.45) is 5.73 Å². The third kappa shape index (κ3) is 3.49. The number of aromatic nitrogens is 1. The summed E-state index contributed by atoms with van der Waals surface area (Å²) in [5.41, 5.74) is 6.71. The average molecular weight is 302 g/mol. The third-order valence-electron chi connectivity index (χ3n) is 3.18. The number of nitrogens with two attached hydrogens (primary N) is 1. The quantitative estimate of drug-likeness (QED) is 0.941. The van der Waals surface area contributed by atoms with Crippen molar-refractivity contribution in [3.63, 3.8) is 0 Å². The van der Waals surface area contributed by atoms with Crippen molar-refractivity contribution < 1.29 is 9.47 Å². The van der Waals surface area contributed by atoms with Crippen molar-refractivity contribution in [3.05, 3.63) is 42.2 Å². The lowest BCUT2D eigenvalue weighted by molar-refractivity contribution is 0.297. The summed E-state index contributed by atoms with van der Waals surface area (Å²) in [6.45, 7) is 3.34. The third-order valence-corrected chi connectivity index (χ3v) is 4.15. The van der Waals surface area contributed by atoms with E-state index in [4.69, 9.17) is 15.2 Å². The van der Waals surface area contributed by atoms with E-state index in [1.54, 1.807) is 11.8 Å². The van der Waals surface area contributed by atoms with Crippen LogP contribution in [0.2, 0.25) is 0 Å². The number of hydrogen-bond donors (Lipinski definition) is 1. The van der Waals surface area contributed by atoms with Gasteiger partial charge in [0.25, 0.3) is 0 Å². The molecule has 110 valence electrons. The van der Waals surface area contributed by atoms with Crippen LogP contribution >= 0.6 is 11.8 Å². The highest BCUT2D eigenvalue weighted by atomic mass is 32.2. The zero-order chi connectivity index (χ0) is 14.7. The first-order valence-corrected chi connectivity index (χ1v) is 7.83. The number of nitrogens with zero attached hydrogens (tertiary/aromatic N) is 1. The van der Waals surface area contributed by atoms with Gasteiger partial charge in [-0.1, -0.05) is 11.8 Å². The van der Waals surface area contributed by atoms with Gasteiger partial charge >= 0.3 is 0 Å². The van der Waals surface area contributed by atoms with Gasteiger partial charge in [-0.25, -0.2) is 0 Å². The molecule has 4 nitrogen and oxygen atoms in total. The van der Waals surface area contributed by atoms with Crippen molar-refractivity contribution in [1.29, 1.82) is 0 Å². The Hall–Kier alpha value is -1.72. The average Bonchev–Trinajstić information content (AvgIpc) is 2.72. The van der Waals surface area contributed by atoms with Gasteiger partial charge in [0.05, 0.1) is 18.9 Å². The van der Waals surface area contributed by atoms with Crippen LogP contribution in [0.1, 0.15) is 25.1 Å². The smallest absolute Gasteiger partial charge is 0.162 e. The molecule has 1 atom stereocenters. The SMILES string of the molecule is C[C@@H](N)c1ccc(Sc2ccc3c(c2)OCCCO3)cn1. The molecule has 0 unspecified atom stereocenters. The van der Waals surface area contributed by atoms with Crippen molar-refractivity contribution in [1.82, 2.24) is 4.98 Å². The van der Waals surface area contributed by atoms with Crippen molar-refractivity contribution in [3.8, 4) is 11.5 Å². The Morgan fingerprint density at radius 3 is 2.57 bits per heavy atom. The molecule has 2 aromatic rings. The maximum absolute atomic E-state index is 5.81. The van der Waals surface area contributed by atoms with Crippen molar-refractivity contribution in [2.45, 2.75) is 29.2 Å². The maximum Gasteiger partial charge on any atom is 0.162 e. The van der Waals surface area contributed by atoms with Gasteiger partial charge in [0.2, 0.25) is 0 Å². The Labute approximate surface area is 128 Å². The first-order chi connectivity index (χ1) is 10.2. The van der Waals surface area contributed by atoms with Gasteiger partial charge < -0.3 is 15.2 Å². The van der Waals surface area contributed by atoms with Gasteiger partial charge in [-0.2, -0.15) is 0 Å². The minimum absolute atomic E-state index is 0.0397. The predicted octanol–water partition coefficient (Wildman–Crippen LogP) is 3.41. The zero-order valence-corrected chi connectivity index (χ0v) is 12.7.